The van der Waals surface area contributed by atoms with Crippen LogP contribution in [-0.2, 0) is 12.8 Å². The lowest BCUT2D eigenvalue weighted by Crippen LogP contribution is -2.62. The van der Waals surface area contributed by atoms with Crippen molar-refractivity contribution in [1.82, 2.24) is 0 Å². The highest BCUT2D eigenvalue weighted by Crippen LogP contribution is 2.32. The molecule has 0 unspecified atom stereocenters. The number of rotatable bonds is 0. The van der Waals surface area contributed by atoms with Crippen LogP contribution < -0.4 is 16.4 Å². The Morgan fingerprint density at radius 2 is 1.04 bits per heavy atom. The fourth-order valence-corrected chi connectivity index (χ4v) is 5.96. The van der Waals surface area contributed by atoms with E-state index in [2.05, 4.69) is 72.7 Å². The summed E-state index contributed by atoms with van der Waals surface area (Å²) in [6.07, 6.45) is 2.18. The zero-order chi connectivity index (χ0) is 19.9. The van der Waals surface area contributed by atoms with Crippen molar-refractivity contribution in [3.63, 3.8) is 0 Å². The Morgan fingerprint density at radius 3 is 1.71 bits per heavy atom. The maximum absolute atomic E-state index is 2.39. The van der Waals surface area contributed by atoms with Crippen molar-refractivity contribution in [2.75, 3.05) is 0 Å². The first kappa shape index (κ1) is 17.8. The van der Waals surface area contributed by atoms with Gasteiger partial charge in [-0.05, 0) is 117 Å². The molecule has 2 aliphatic heterocycles. The highest BCUT2D eigenvalue weighted by Gasteiger charge is 2.40. The van der Waals surface area contributed by atoms with Gasteiger partial charge in [0.25, 0.3) is 0 Å². The van der Waals surface area contributed by atoms with Crippen LogP contribution in [0.15, 0.2) is 24.3 Å². The molecular formula is C27H29B. The van der Waals surface area contributed by atoms with Crippen molar-refractivity contribution in [1.29, 1.82) is 0 Å². The summed E-state index contributed by atoms with van der Waals surface area (Å²) >= 11 is 0. The van der Waals surface area contributed by atoms with E-state index in [1.165, 1.54) is 50.0 Å². The van der Waals surface area contributed by atoms with Crippen LogP contribution in [0.25, 0.3) is 0 Å². The summed E-state index contributed by atoms with van der Waals surface area (Å²) in [6, 6.07) is 9.18. The van der Waals surface area contributed by atoms with E-state index in [1.807, 2.05) is 0 Å². The average Bonchev–Trinajstić information content (AvgIpc) is 2.71. The summed E-state index contributed by atoms with van der Waals surface area (Å²) in [4.78, 5) is 0. The van der Waals surface area contributed by atoms with Crippen LogP contribution in [-0.4, -0.2) is 6.71 Å². The van der Waals surface area contributed by atoms with Crippen LogP contribution in [0.1, 0.15) is 61.2 Å². The van der Waals surface area contributed by atoms with Crippen molar-refractivity contribution in [3.8, 4) is 0 Å². The van der Waals surface area contributed by atoms with E-state index in [-0.39, 0.29) is 0 Å². The molecule has 0 aliphatic carbocycles. The lowest BCUT2D eigenvalue weighted by atomic mass is 9.29. The Labute approximate surface area is 170 Å². The third-order valence-electron chi connectivity index (χ3n) is 8.21. The molecule has 2 aliphatic rings. The molecule has 28 heavy (non-hydrogen) atoms. The van der Waals surface area contributed by atoms with Crippen molar-refractivity contribution < 1.29 is 0 Å². The quantitative estimate of drug-likeness (QED) is 0.362. The molecule has 0 bridgehead atoms. The molecule has 0 aromatic heterocycles. The van der Waals surface area contributed by atoms with Crippen molar-refractivity contribution in [2.24, 2.45) is 0 Å². The van der Waals surface area contributed by atoms with Crippen LogP contribution in [0.2, 0.25) is 0 Å². The highest BCUT2D eigenvalue weighted by atomic mass is 14.3. The summed E-state index contributed by atoms with van der Waals surface area (Å²) in [6.45, 7) is 16.7. The first-order valence-electron chi connectivity index (χ1n) is 10.6. The van der Waals surface area contributed by atoms with Gasteiger partial charge in [0, 0.05) is 0 Å². The second-order valence-corrected chi connectivity index (χ2v) is 9.12. The van der Waals surface area contributed by atoms with E-state index in [1.54, 1.807) is 27.6 Å². The molecule has 0 atom stereocenters. The molecule has 5 rings (SSSR count). The monoisotopic (exact) mass is 364 g/mol. The van der Waals surface area contributed by atoms with Crippen molar-refractivity contribution >= 4 is 23.1 Å². The predicted octanol–water partition coefficient (Wildman–Crippen LogP) is 4.17. The molecule has 0 spiro atoms. The van der Waals surface area contributed by atoms with Gasteiger partial charge >= 0.3 is 0 Å². The van der Waals surface area contributed by atoms with Gasteiger partial charge in [0.2, 0.25) is 6.71 Å². The maximum atomic E-state index is 2.39. The molecule has 0 radical (unpaired) electrons. The smallest absolute Gasteiger partial charge is 0.0667 e. The standard InChI is InChI=1S/C27H29B/c1-14-15(2)20(7)26-23(17(14)4)13-24-19(6)16(3)18(5)22-12-21-10-8-9-11-25(21)28(26)27(22)24/h8-11H,12-13H2,1-7H3. The summed E-state index contributed by atoms with van der Waals surface area (Å²) in [7, 11) is 0. The van der Waals surface area contributed by atoms with Crippen LogP contribution in [0, 0.1) is 48.5 Å². The Balaban J connectivity index is 1.97. The molecule has 0 amide bonds. The molecule has 0 saturated carbocycles. The minimum absolute atomic E-state index is 0.398. The maximum Gasteiger partial charge on any atom is 0.243 e. The van der Waals surface area contributed by atoms with E-state index in [0.29, 0.717) is 6.71 Å². The van der Waals surface area contributed by atoms with Gasteiger partial charge in [-0.3, -0.25) is 0 Å². The van der Waals surface area contributed by atoms with Crippen LogP contribution >= 0.6 is 0 Å². The molecular weight excluding hydrogens is 335 g/mol. The number of hydrogen-bond donors (Lipinski definition) is 0. The third kappa shape index (κ3) is 2.08. The number of hydrogen-bond acceptors (Lipinski definition) is 0. The molecule has 1 heteroatoms. The average molecular weight is 364 g/mol. The Morgan fingerprint density at radius 1 is 0.536 bits per heavy atom. The zero-order valence-electron chi connectivity index (χ0n) is 18.3. The topological polar surface area (TPSA) is 0 Å². The van der Waals surface area contributed by atoms with Crippen LogP contribution in [0.3, 0.4) is 0 Å². The van der Waals surface area contributed by atoms with E-state index < -0.39 is 0 Å². The van der Waals surface area contributed by atoms with Crippen molar-refractivity contribution in [2.45, 2.75) is 61.3 Å². The molecule has 0 fully saturated rings. The van der Waals surface area contributed by atoms with Gasteiger partial charge in [0.15, 0.2) is 0 Å². The Kier molecular flexibility index (Phi) is 3.73. The predicted molar refractivity (Wildman–Crippen MR) is 123 cm³/mol. The van der Waals surface area contributed by atoms with E-state index in [9.17, 15) is 0 Å². The molecule has 3 aromatic rings. The van der Waals surface area contributed by atoms with E-state index in [4.69, 9.17) is 0 Å². The second kappa shape index (κ2) is 5.86. The fraction of sp³-hybridized carbons (Fsp3) is 0.333. The van der Waals surface area contributed by atoms with Crippen LogP contribution in [0.5, 0.6) is 0 Å². The highest BCUT2D eigenvalue weighted by molar-refractivity contribution is 6.97. The molecule has 140 valence electrons. The minimum atomic E-state index is 0.398. The number of benzene rings is 3. The molecule has 0 N–H and O–H groups in total. The first-order valence-corrected chi connectivity index (χ1v) is 10.6. The lowest BCUT2D eigenvalue weighted by molar-refractivity contribution is 1.05. The fourth-order valence-electron chi connectivity index (χ4n) is 5.96. The SMILES string of the molecule is Cc1c(C)c(C)c2c(c1C)Cc1c(C)c(C)c(C)c3c1B2c1ccccc1C3. The van der Waals surface area contributed by atoms with Gasteiger partial charge in [-0.25, -0.2) is 0 Å². The molecule has 2 heterocycles. The Bertz CT molecular complexity index is 1160. The summed E-state index contributed by atoms with van der Waals surface area (Å²) in [5.41, 5.74) is 21.6. The van der Waals surface area contributed by atoms with Gasteiger partial charge in [-0.15, -0.1) is 0 Å². The largest absolute Gasteiger partial charge is 0.243 e. The first-order chi connectivity index (χ1) is 13.3. The van der Waals surface area contributed by atoms with Gasteiger partial charge in [-0.1, -0.05) is 46.2 Å². The van der Waals surface area contributed by atoms with E-state index >= 15 is 0 Å². The van der Waals surface area contributed by atoms with Gasteiger partial charge in [0.1, 0.15) is 0 Å². The normalized spacial score (nSPS) is 13.9. The summed E-state index contributed by atoms with van der Waals surface area (Å²) in [5.74, 6) is 0. The zero-order valence-corrected chi connectivity index (χ0v) is 18.3. The van der Waals surface area contributed by atoms with Crippen LogP contribution in [0.4, 0.5) is 0 Å². The lowest BCUT2D eigenvalue weighted by Gasteiger charge is -2.39. The van der Waals surface area contributed by atoms with Gasteiger partial charge in [0.05, 0.1) is 0 Å². The summed E-state index contributed by atoms with van der Waals surface area (Å²) < 4.78 is 0. The van der Waals surface area contributed by atoms with Gasteiger partial charge in [-0.2, -0.15) is 0 Å². The molecule has 3 aromatic carbocycles. The third-order valence-corrected chi connectivity index (χ3v) is 8.21. The van der Waals surface area contributed by atoms with Crippen molar-refractivity contribution in [3.05, 3.63) is 85.5 Å². The molecule has 0 saturated heterocycles. The summed E-state index contributed by atoms with van der Waals surface area (Å²) in [5, 5.41) is 0. The number of fused-ring (bicyclic) bond motifs is 4. The van der Waals surface area contributed by atoms with Gasteiger partial charge < -0.3 is 0 Å². The van der Waals surface area contributed by atoms with E-state index in [0.717, 1.165) is 12.8 Å². The minimum Gasteiger partial charge on any atom is -0.0667 e. The Hall–Kier alpha value is -2.28. The second-order valence-electron chi connectivity index (χ2n) is 9.12. The molecule has 0 nitrogen and oxygen atoms in total.